The zero-order chi connectivity index (χ0) is 21.7. The van der Waals surface area contributed by atoms with Crippen molar-refractivity contribution in [3.8, 4) is 11.5 Å². The smallest absolute Gasteiger partial charge is 0.204 e. The van der Waals surface area contributed by atoms with E-state index in [4.69, 9.17) is 9.15 Å². The van der Waals surface area contributed by atoms with Crippen LogP contribution in [0.15, 0.2) is 63.3 Å². The number of aromatic hydroxyl groups is 1. The van der Waals surface area contributed by atoms with Crippen LogP contribution in [0.4, 0.5) is 5.69 Å². The molecule has 0 spiro atoms. The fraction of sp³-hybridized carbons (Fsp3) is 0.320. The van der Waals surface area contributed by atoms with Gasteiger partial charge in [-0.1, -0.05) is 25.2 Å². The number of phenolic OH excluding ortho intramolecular Hbond substituents is 1. The average Bonchev–Trinajstić information content (AvgIpc) is 2.74. The van der Waals surface area contributed by atoms with Gasteiger partial charge in [0.05, 0.1) is 5.39 Å². The summed E-state index contributed by atoms with van der Waals surface area (Å²) < 4.78 is 11.9. The molecule has 0 unspecified atom stereocenters. The molecule has 0 bridgehead atoms. The van der Waals surface area contributed by atoms with Gasteiger partial charge in [-0.05, 0) is 44.9 Å². The number of rotatable bonds is 8. The van der Waals surface area contributed by atoms with Gasteiger partial charge in [-0.3, -0.25) is 4.79 Å². The Labute approximate surface area is 176 Å². The van der Waals surface area contributed by atoms with Crippen LogP contribution < -0.4 is 15.1 Å². The first-order chi connectivity index (χ1) is 14.5. The predicted molar refractivity (Wildman–Crippen MR) is 124 cm³/mol. The molecule has 3 rings (SSSR count). The molecule has 158 valence electrons. The normalized spacial score (nSPS) is 12.2. The molecule has 0 saturated heterocycles. The Morgan fingerprint density at radius 2 is 1.97 bits per heavy atom. The Balaban J connectivity index is 2.06. The van der Waals surface area contributed by atoms with Crippen molar-refractivity contribution in [1.82, 2.24) is 0 Å². The number of ether oxygens (including phenoxy) is 1. The van der Waals surface area contributed by atoms with Crippen molar-refractivity contribution in [3.63, 3.8) is 0 Å². The number of allylic oxidation sites excluding steroid dienone is 2. The van der Waals surface area contributed by atoms with Gasteiger partial charge < -0.3 is 19.2 Å². The van der Waals surface area contributed by atoms with Crippen LogP contribution in [-0.4, -0.2) is 24.8 Å². The molecule has 1 heterocycles. The van der Waals surface area contributed by atoms with Crippen LogP contribution >= 0.6 is 0 Å². The summed E-state index contributed by atoms with van der Waals surface area (Å²) in [7, 11) is 0. The van der Waals surface area contributed by atoms with Gasteiger partial charge in [-0.25, -0.2) is 0 Å². The lowest BCUT2D eigenvalue weighted by atomic mass is 10.1. The highest BCUT2D eigenvalue weighted by molar-refractivity contribution is 5.95. The van der Waals surface area contributed by atoms with Gasteiger partial charge in [0.15, 0.2) is 0 Å². The van der Waals surface area contributed by atoms with Crippen LogP contribution in [0.2, 0.25) is 0 Å². The highest BCUT2D eigenvalue weighted by atomic mass is 16.5. The Morgan fingerprint density at radius 3 is 2.63 bits per heavy atom. The second kappa shape index (κ2) is 9.53. The van der Waals surface area contributed by atoms with E-state index in [2.05, 4.69) is 18.7 Å². The number of hydrogen-bond acceptors (Lipinski definition) is 5. The first-order valence-corrected chi connectivity index (χ1v) is 10.4. The van der Waals surface area contributed by atoms with E-state index in [0.29, 0.717) is 28.9 Å². The lowest BCUT2D eigenvalue weighted by Gasteiger charge is -2.22. The van der Waals surface area contributed by atoms with Crippen molar-refractivity contribution < 1.29 is 14.3 Å². The molecule has 3 aromatic rings. The maximum Gasteiger partial charge on any atom is 0.204 e. The highest BCUT2D eigenvalue weighted by Gasteiger charge is 2.15. The molecule has 5 heteroatoms. The van der Waals surface area contributed by atoms with E-state index in [0.717, 1.165) is 30.8 Å². The molecule has 30 heavy (non-hydrogen) atoms. The zero-order valence-corrected chi connectivity index (χ0v) is 18.1. The van der Waals surface area contributed by atoms with Crippen molar-refractivity contribution in [1.29, 1.82) is 0 Å². The second-order valence-corrected chi connectivity index (χ2v) is 7.16. The fourth-order valence-corrected chi connectivity index (χ4v) is 3.54. The summed E-state index contributed by atoms with van der Waals surface area (Å²) in [5.74, 6) is 0.563. The first kappa shape index (κ1) is 21.5. The summed E-state index contributed by atoms with van der Waals surface area (Å²) in [6.07, 6.45) is 6.94. The Bertz CT molecular complexity index is 1160. The number of hydrogen-bond donors (Lipinski definition) is 1. The standard InChI is InChI=1S/C25H29NO4/c1-5-9-17(7-3)16-29-19-10-11-20-22(15-19)30-23-14-18(26(8-4)12-6-2)13-21(27)24(23)25(20)28/h5,7,9-11,13-15,27H,6,8,12,16H2,1-4H3/b9-5-,17-7+. The number of phenols is 1. The van der Waals surface area contributed by atoms with E-state index < -0.39 is 0 Å². The van der Waals surface area contributed by atoms with Crippen molar-refractivity contribution in [2.75, 3.05) is 24.6 Å². The second-order valence-electron chi connectivity index (χ2n) is 7.16. The third-order valence-electron chi connectivity index (χ3n) is 5.11. The molecule has 0 saturated carbocycles. The number of anilines is 1. The monoisotopic (exact) mass is 407 g/mol. The lowest BCUT2D eigenvalue weighted by molar-refractivity contribution is 0.355. The van der Waals surface area contributed by atoms with Crippen molar-refractivity contribution >= 4 is 27.6 Å². The summed E-state index contributed by atoms with van der Waals surface area (Å²) in [5.41, 5.74) is 2.46. The highest BCUT2D eigenvalue weighted by Crippen LogP contribution is 2.32. The predicted octanol–water partition coefficient (Wildman–Crippen LogP) is 5.79. The van der Waals surface area contributed by atoms with Crippen LogP contribution in [0.5, 0.6) is 11.5 Å². The van der Waals surface area contributed by atoms with E-state index in [1.165, 1.54) is 0 Å². The summed E-state index contributed by atoms with van der Waals surface area (Å²) in [5, 5.41) is 11.2. The van der Waals surface area contributed by atoms with Gasteiger partial charge >= 0.3 is 0 Å². The Hall–Kier alpha value is -3.21. The number of fused-ring (bicyclic) bond motifs is 2. The SMILES string of the molecule is C/C=C\C(=C/C)COc1ccc2c(=O)c3c(O)cc(N(CC)CCC)cc3oc2c1. The minimum absolute atomic E-state index is 0.0582. The van der Waals surface area contributed by atoms with Crippen molar-refractivity contribution in [2.24, 2.45) is 0 Å². The largest absolute Gasteiger partial charge is 0.507 e. The van der Waals surface area contributed by atoms with Crippen molar-refractivity contribution in [3.05, 3.63) is 64.4 Å². The lowest BCUT2D eigenvalue weighted by Crippen LogP contribution is -2.23. The molecule has 0 fully saturated rings. The Kier molecular flexibility index (Phi) is 6.83. The van der Waals surface area contributed by atoms with Crippen molar-refractivity contribution in [2.45, 2.75) is 34.1 Å². The molecule has 0 aliphatic carbocycles. The fourth-order valence-electron chi connectivity index (χ4n) is 3.54. The van der Waals surface area contributed by atoms with Crippen LogP contribution in [0.25, 0.3) is 21.9 Å². The molecule has 0 amide bonds. The first-order valence-electron chi connectivity index (χ1n) is 10.4. The van der Waals surface area contributed by atoms with E-state index in [1.54, 1.807) is 24.3 Å². The van der Waals surface area contributed by atoms with Gasteiger partial charge in [0.2, 0.25) is 5.43 Å². The number of benzene rings is 2. The quantitative estimate of drug-likeness (QED) is 0.378. The maximum atomic E-state index is 13.0. The minimum Gasteiger partial charge on any atom is -0.507 e. The third-order valence-corrected chi connectivity index (χ3v) is 5.11. The van der Waals surface area contributed by atoms with Gasteiger partial charge in [0, 0.05) is 37.0 Å². The summed E-state index contributed by atoms with van der Waals surface area (Å²) in [6.45, 7) is 10.2. The maximum absolute atomic E-state index is 13.0. The van der Waals surface area contributed by atoms with Crippen LogP contribution in [0.3, 0.4) is 0 Å². The average molecular weight is 408 g/mol. The van der Waals surface area contributed by atoms with Gasteiger partial charge in [-0.2, -0.15) is 0 Å². The molecule has 5 nitrogen and oxygen atoms in total. The summed E-state index contributed by atoms with van der Waals surface area (Å²) in [6, 6.07) is 8.63. The topological polar surface area (TPSA) is 62.9 Å². The molecular weight excluding hydrogens is 378 g/mol. The van der Waals surface area contributed by atoms with Crippen LogP contribution in [0, 0.1) is 0 Å². The van der Waals surface area contributed by atoms with Crippen LogP contribution in [0.1, 0.15) is 34.1 Å². The van der Waals surface area contributed by atoms with E-state index in [1.807, 2.05) is 38.1 Å². The summed E-state index contributed by atoms with van der Waals surface area (Å²) >= 11 is 0. The molecular formula is C25H29NO4. The molecule has 0 atom stereocenters. The minimum atomic E-state index is -0.247. The number of nitrogens with zero attached hydrogens (tertiary/aromatic N) is 1. The van der Waals surface area contributed by atoms with E-state index >= 15 is 0 Å². The van der Waals surface area contributed by atoms with Gasteiger partial charge in [0.1, 0.15) is 34.7 Å². The molecule has 0 radical (unpaired) electrons. The van der Waals surface area contributed by atoms with Gasteiger partial charge in [0.25, 0.3) is 0 Å². The molecule has 0 aliphatic heterocycles. The third kappa shape index (κ3) is 4.35. The van der Waals surface area contributed by atoms with Gasteiger partial charge in [-0.15, -0.1) is 0 Å². The van der Waals surface area contributed by atoms with E-state index in [-0.39, 0.29) is 16.6 Å². The zero-order valence-electron chi connectivity index (χ0n) is 18.1. The van der Waals surface area contributed by atoms with E-state index in [9.17, 15) is 9.90 Å². The van der Waals surface area contributed by atoms with Crippen LogP contribution in [-0.2, 0) is 0 Å². The molecule has 0 aliphatic rings. The molecule has 2 aromatic carbocycles. The molecule has 1 aromatic heterocycles. The Morgan fingerprint density at radius 1 is 1.17 bits per heavy atom. The summed E-state index contributed by atoms with van der Waals surface area (Å²) in [4.78, 5) is 15.1. The molecule has 1 N–H and O–H groups in total.